The molecule has 0 aromatic carbocycles. The molecule has 90 valence electrons. The van der Waals surface area contributed by atoms with Gasteiger partial charge in [0.1, 0.15) is 11.7 Å². The second-order valence-corrected chi connectivity index (χ2v) is 3.93. The second-order valence-electron chi connectivity index (χ2n) is 3.93. The fraction of sp³-hybridized carbons (Fsp3) is 0.667. The van der Waals surface area contributed by atoms with Crippen molar-refractivity contribution in [1.29, 1.82) is 0 Å². The Hall–Kier alpha value is -1.32. The van der Waals surface area contributed by atoms with Gasteiger partial charge in [-0.3, -0.25) is 4.79 Å². The van der Waals surface area contributed by atoms with Gasteiger partial charge in [-0.2, -0.15) is 0 Å². The van der Waals surface area contributed by atoms with Crippen LogP contribution in [0, 0.1) is 6.92 Å². The van der Waals surface area contributed by atoms with Gasteiger partial charge < -0.3 is 9.72 Å². The van der Waals surface area contributed by atoms with E-state index in [1.54, 1.807) is 0 Å². The number of hydrogen-bond acceptors (Lipinski definition) is 3. The van der Waals surface area contributed by atoms with Gasteiger partial charge in [0, 0.05) is 5.69 Å². The van der Waals surface area contributed by atoms with Crippen molar-refractivity contribution in [2.75, 3.05) is 7.11 Å². The van der Waals surface area contributed by atoms with Crippen LogP contribution in [0.3, 0.4) is 0 Å². The molecule has 4 heteroatoms. The first kappa shape index (κ1) is 12.7. The number of aryl methyl sites for hydroxylation is 2. The molecule has 0 bridgehead atoms. The maximum atomic E-state index is 11.5. The molecule has 1 aromatic rings. The SMILES string of the molecule is CCCc1nc(C(CC)C(=O)OC)[nH]c1C. The predicted molar refractivity (Wildman–Crippen MR) is 62.4 cm³/mol. The quantitative estimate of drug-likeness (QED) is 0.781. The number of esters is 1. The van der Waals surface area contributed by atoms with Gasteiger partial charge in [0.05, 0.1) is 12.8 Å². The number of nitrogens with one attached hydrogen (secondary N) is 1. The van der Waals surface area contributed by atoms with Crippen LogP contribution < -0.4 is 0 Å². The first-order chi connectivity index (χ1) is 7.63. The van der Waals surface area contributed by atoms with Crippen LogP contribution >= 0.6 is 0 Å². The van der Waals surface area contributed by atoms with Gasteiger partial charge in [-0.25, -0.2) is 4.98 Å². The summed E-state index contributed by atoms with van der Waals surface area (Å²) in [6.07, 6.45) is 2.70. The first-order valence-corrected chi connectivity index (χ1v) is 5.77. The lowest BCUT2D eigenvalue weighted by Crippen LogP contribution is -2.14. The molecular formula is C12H20N2O2. The third-order valence-corrected chi connectivity index (χ3v) is 2.71. The summed E-state index contributed by atoms with van der Waals surface area (Å²) in [6.45, 7) is 6.07. The molecule has 0 spiro atoms. The van der Waals surface area contributed by atoms with Crippen LogP contribution in [-0.2, 0) is 16.0 Å². The molecule has 0 amide bonds. The fourth-order valence-electron chi connectivity index (χ4n) is 1.78. The van der Waals surface area contributed by atoms with E-state index in [2.05, 4.69) is 16.9 Å². The van der Waals surface area contributed by atoms with Crippen LogP contribution in [-0.4, -0.2) is 23.0 Å². The zero-order chi connectivity index (χ0) is 12.1. The van der Waals surface area contributed by atoms with E-state index in [0.29, 0.717) is 6.42 Å². The van der Waals surface area contributed by atoms with Crippen molar-refractivity contribution in [3.8, 4) is 0 Å². The number of ether oxygens (including phenoxy) is 1. The number of hydrogen-bond donors (Lipinski definition) is 1. The van der Waals surface area contributed by atoms with Gasteiger partial charge in [-0.15, -0.1) is 0 Å². The second kappa shape index (κ2) is 5.68. The van der Waals surface area contributed by atoms with E-state index in [0.717, 1.165) is 30.1 Å². The smallest absolute Gasteiger partial charge is 0.316 e. The number of aromatic amines is 1. The van der Waals surface area contributed by atoms with Crippen molar-refractivity contribution in [3.63, 3.8) is 0 Å². The van der Waals surface area contributed by atoms with E-state index in [-0.39, 0.29) is 11.9 Å². The van der Waals surface area contributed by atoms with Crippen molar-refractivity contribution in [1.82, 2.24) is 9.97 Å². The minimum atomic E-state index is -0.269. The molecule has 0 aliphatic rings. The summed E-state index contributed by atoms with van der Waals surface area (Å²) in [4.78, 5) is 19.2. The highest BCUT2D eigenvalue weighted by Crippen LogP contribution is 2.20. The number of methoxy groups -OCH3 is 1. The van der Waals surface area contributed by atoms with Crippen LogP contribution in [0.5, 0.6) is 0 Å². The van der Waals surface area contributed by atoms with E-state index in [1.807, 2.05) is 13.8 Å². The molecule has 1 aromatic heterocycles. The molecule has 1 N–H and O–H groups in total. The molecule has 0 aliphatic heterocycles. The summed E-state index contributed by atoms with van der Waals surface area (Å²) in [5.74, 6) is 0.240. The van der Waals surface area contributed by atoms with Gasteiger partial charge in [0.15, 0.2) is 0 Å². The number of imidazole rings is 1. The maximum Gasteiger partial charge on any atom is 0.316 e. The minimum absolute atomic E-state index is 0.223. The van der Waals surface area contributed by atoms with Crippen LogP contribution in [0.4, 0.5) is 0 Å². The molecule has 0 fully saturated rings. The van der Waals surface area contributed by atoms with Gasteiger partial charge in [0.25, 0.3) is 0 Å². The Kier molecular flexibility index (Phi) is 4.52. The van der Waals surface area contributed by atoms with Crippen molar-refractivity contribution in [2.45, 2.75) is 46.0 Å². The van der Waals surface area contributed by atoms with Crippen molar-refractivity contribution < 1.29 is 9.53 Å². The summed E-state index contributed by atoms with van der Waals surface area (Å²) < 4.78 is 4.77. The number of nitrogens with zero attached hydrogens (tertiary/aromatic N) is 1. The molecular weight excluding hydrogens is 204 g/mol. The molecule has 16 heavy (non-hydrogen) atoms. The van der Waals surface area contributed by atoms with Crippen molar-refractivity contribution in [2.24, 2.45) is 0 Å². The fourth-order valence-corrected chi connectivity index (χ4v) is 1.78. The van der Waals surface area contributed by atoms with Gasteiger partial charge >= 0.3 is 5.97 Å². The number of carbonyl (C=O) groups is 1. The third kappa shape index (κ3) is 2.62. The molecule has 1 unspecified atom stereocenters. The lowest BCUT2D eigenvalue weighted by Gasteiger charge is -2.08. The summed E-state index contributed by atoms with van der Waals surface area (Å²) in [5, 5.41) is 0. The molecule has 4 nitrogen and oxygen atoms in total. The molecule has 1 atom stereocenters. The zero-order valence-electron chi connectivity index (χ0n) is 10.5. The standard InChI is InChI=1S/C12H20N2O2/c1-5-7-10-8(3)13-11(14-10)9(6-2)12(15)16-4/h9H,5-7H2,1-4H3,(H,13,14). The van der Waals surface area contributed by atoms with E-state index in [1.165, 1.54) is 7.11 Å². The summed E-state index contributed by atoms with van der Waals surface area (Å²) in [5.41, 5.74) is 2.11. The number of carbonyl (C=O) groups excluding carboxylic acids is 1. The summed E-state index contributed by atoms with van der Waals surface area (Å²) in [6, 6.07) is 0. The highest BCUT2D eigenvalue weighted by molar-refractivity contribution is 5.76. The molecule has 0 saturated heterocycles. The Bertz CT molecular complexity index is 358. The van der Waals surface area contributed by atoms with Gasteiger partial charge in [-0.1, -0.05) is 20.3 Å². The third-order valence-electron chi connectivity index (χ3n) is 2.71. The Morgan fingerprint density at radius 3 is 2.69 bits per heavy atom. The van der Waals surface area contributed by atoms with E-state index >= 15 is 0 Å². The van der Waals surface area contributed by atoms with Crippen molar-refractivity contribution >= 4 is 5.97 Å². The topological polar surface area (TPSA) is 55.0 Å². The zero-order valence-corrected chi connectivity index (χ0v) is 10.5. The molecule has 1 rings (SSSR count). The van der Waals surface area contributed by atoms with E-state index in [9.17, 15) is 4.79 Å². The van der Waals surface area contributed by atoms with Crippen LogP contribution in [0.15, 0.2) is 0 Å². The maximum absolute atomic E-state index is 11.5. The number of H-pyrrole nitrogens is 1. The Morgan fingerprint density at radius 2 is 2.19 bits per heavy atom. The minimum Gasteiger partial charge on any atom is -0.468 e. The molecule has 0 aliphatic carbocycles. The monoisotopic (exact) mass is 224 g/mol. The normalized spacial score (nSPS) is 12.5. The van der Waals surface area contributed by atoms with Crippen molar-refractivity contribution in [3.05, 3.63) is 17.2 Å². The van der Waals surface area contributed by atoms with Gasteiger partial charge in [-0.05, 0) is 19.8 Å². The van der Waals surface area contributed by atoms with Crippen LogP contribution in [0.25, 0.3) is 0 Å². The average Bonchev–Trinajstić information content (AvgIpc) is 2.61. The van der Waals surface area contributed by atoms with E-state index in [4.69, 9.17) is 4.74 Å². The Morgan fingerprint density at radius 1 is 1.50 bits per heavy atom. The summed E-state index contributed by atoms with van der Waals surface area (Å²) >= 11 is 0. The molecule has 1 heterocycles. The van der Waals surface area contributed by atoms with Crippen LogP contribution in [0.1, 0.15) is 49.8 Å². The number of aromatic nitrogens is 2. The highest BCUT2D eigenvalue weighted by Gasteiger charge is 2.23. The Labute approximate surface area is 96.4 Å². The molecule has 0 saturated carbocycles. The summed E-state index contributed by atoms with van der Waals surface area (Å²) in [7, 11) is 1.41. The Balaban J connectivity index is 2.93. The first-order valence-electron chi connectivity index (χ1n) is 5.77. The average molecular weight is 224 g/mol. The van der Waals surface area contributed by atoms with E-state index < -0.39 is 0 Å². The lowest BCUT2D eigenvalue weighted by atomic mass is 10.1. The predicted octanol–water partition coefficient (Wildman–Crippen LogP) is 2.34. The number of rotatable bonds is 5. The van der Waals surface area contributed by atoms with Crippen LogP contribution in [0.2, 0.25) is 0 Å². The largest absolute Gasteiger partial charge is 0.468 e. The van der Waals surface area contributed by atoms with Gasteiger partial charge in [0.2, 0.25) is 0 Å². The highest BCUT2D eigenvalue weighted by atomic mass is 16.5. The lowest BCUT2D eigenvalue weighted by molar-refractivity contribution is -0.142. The molecule has 0 radical (unpaired) electrons.